The fourth-order valence-electron chi connectivity index (χ4n) is 1.12. The minimum absolute atomic E-state index is 0.0179. The standard InChI is InChI=1S/C9H22N4O/c10-6-2-1-4-8(12)13-9(14)5-3-7-11/h8H,1-7,10-12H2,(H,13,14). The van der Waals surface area contributed by atoms with E-state index >= 15 is 0 Å². The third kappa shape index (κ3) is 7.97. The third-order valence-corrected chi connectivity index (χ3v) is 1.92. The lowest BCUT2D eigenvalue weighted by Crippen LogP contribution is -2.41. The first kappa shape index (κ1) is 13.4. The molecule has 0 aromatic carbocycles. The number of hydrogen-bond donors (Lipinski definition) is 4. The molecule has 0 heterocycles. The van der Waals surface area contributed by atoms with Crippen molar-refractivity contribution in [2.45, 2.75) is 38.3 Å². The fraction of sp³-hybridized carbons (Fsp3) is 0.889. The van der Waals surface area contributed by atoms with Crippen molar-refractivity contribution in [1.29, 1.82) is 0 Å². The highest BCUT2D eigenvalue weighted by Crippen LogP contribution is 1.96. The smallest absolute Gasteiger partial charge is 0.221 e. The van der Waals surface area contributed by atoms with E-state index in [2.05, 4.69) is 5.32 Å². The van der Waals surface area contributed by atoms with Gasteiger partial charge in [-0.05, 0) is 38.8 Å². The molecule has 7 N–H and O–H groups in total. The van der Waals surface area contributed by atoms with Crippen LogP contribution in [0.1, 0.15) is 32.1 Å². The van der Waals surface area contributed by atoms with Crippen molar-refractivity contribution < 1.29 is 4.79 Å². The Labute approximate surface area is 85.4 Å². The van der Waals surface area contributed by atoms with Crippen molar-refractivity contribution in [3.63, 3.8) is 0 Å². The van der Waals surface area contributed by atoms with Crippen LogP contribution in [-0.2, 0) is 4.79 Å². The molecule has 0 aliphatic rings. The Morgan fingerprint density at radius 3 is 2.36 bits per heavy atom. The molecule has 1 atom stereocenters. The average molecular weight is 202 g/mol. The van der Waals surface area contributed by atoms with Gasteiger partial charge in [-0.2, -0.15) is 0 Å². The van der Waals surface area contributed by atoms with Gasteiger partial charge in [-0.3, -0.25) is 4.79 Å². The van der Waals surface area contributed by atoms with E-state index in [1.807, 2.05) is 0 Å². The minimum Gasteiger partial charge on any atom is -0.341 e. The van der Waals surface area contributed by atoms with Gasteiger partial charge in [0.2, 0.25) is 5.91 Å². The summed E-state index contributed by atoms with van der Waals surface area (Å²) in [7, 11) is 0. The number of carbonyl (C=O) groups excluding carboxylic acids is 1. The lowest BCUT2D eigenvalue weighted by atomic mass is 10.2. The highest BCUT2D eigenvalue weighted by atomic mass is 16.1. The van der Waals surface area contributed by atoms with Crippen LogP contribution >= 0.6 is 0 Å². The van der Waals surface area contributed by atoms with Crippen molar-refractivity contribution in [2.75, 3.05) is 13.1 Å². The first-order valence-corrected chi connectivity index (χ1v) is 5.15. The zero-order valence-electron chi connectivity index (χ0n) is 8.67. The molecule has 0 aromatic heterocycles. The quantitative estimate of drug-likeness (QED) is 0.307. The zero-order chi connectivity index (χ0) is 10.8. The molecule has 1 amide bonds. The Kier molecular flexibility index (Phi) is 8.51. The van der Waals surface area contributed by atoms with Gasteiger partial charge < -0.3 is 22.5 Å². The number of nitrogens with one attached hydrogen (secondary N) is 1. The Morgan fingerprint density at radius 1 is 1.14 bits per heavy atom. The van der Waals surface area contributed by atoms with Gasteiger partial charge in [-0.1, -0.05) is 0 Å². The summed E-state index contributed by atoms with van der Waals surface area (Å²) in [5.41, 5.74) is 16.3. The van der Waals surface area contributed by atoms with E-state index in [0.717, 1.165) is 19.3 Å². The molecule has 0 aliphatic carbocycles. The number of rotatable bonds is 8. The predicted molar refractivity (Wildman–Crippen MR) is 57.3 cm³/mol. The lowest BCUT2D eigenvalue weighted by Gasteiger charge is -2.13. The van der Waals surface area contributed by atoms with Crippen LogP contribution in [0.2, 0.25) is 0 Å². The van der Waals surface area contributed by atoms with Gasteiger partial charge in [0.15, 0.2) is 0 Å². The highest BCUT2D eigenvalue weighted by molar-refractivity contribution is 5.76. The summed E-state index contributed by atoms with van der Waals surface area (Å²) in [5, 5.41) is 2.72. The monoisotopic (exact) mass is 202 g/mol. The largest absolute Gasteiger partial charge is 0.341 e. The van der Waals surface area contributed by atoms with Crippen molar-refractivity contribution in [3.8, 4) is 0 Å². The molecule has 5 nitrogen and oxygen atoms in total. The molecule has 0 fully saturated rings. The number of hydrogen-bond acceptors (Lipinski definition) is 4. The number of unbranched alkanes of at least 4 members (excludes halogenated alkanes) is 1. The highest BCUT2D eigenvalue weighted by Gasteiger charge is 2.05. The molecule has 0 saturated carbocycles. The second kappa shape index (κ2) is 8.93. The summed E-state index contributed by atoms with van der Waals surface area (Å²) in [6.45, 7) is 1.21. The normalized spacial score (nSPS) is 12.5. The summed E-state index contributed by atoms with van der Waals surface area (Å²) in [6, 6.07) is 0. The molecule has 0 bridgehead atoms. The first-order valence-electron chi connectivity index (χ1n) is 5.15. The first-order chi connectivity index (χ1) is 6.70. The summed E-state index contributed by atoms with van der Waals surface area (Å²) in [6.07, 6.45) is 3.61. The van der Waals surface area contributed by atoms with Crippen LogP contribution in [0.15, 0.2) is 0 Å². The van der Waals surface area contributed by atoms with Crippen LogP contribution < -0.4 is 22.5 Å². The van der Waals surface area contributed by atoms with Crippen LogP contribution in [0.4, 0.5) is 0 Å². The van der Waals surface area contributed by atoms with Crippen molar-refractivity contribution in [1.82, 2.24) is 5.32 Å². The average Bonchev–Trinajstić information content (AvgIpc) is 2.15. The van der Waals surface area contributed by atoms with E-state index in [0.29, 0.717) is 25.9 Å². The Hall–Kier alpha value is -0.650. The SMILES string of the molecule is NCCCCC(N)NC(=O)CCCN. The molecule has 0 spiro atoms. The second-order valence-corrected chi connectivity index (χ2v) is 3.35. The van der Waals surface area contributed by atoms with Crippen LogP contribution in [-0.4, -0.2) is 25.2 Å². The zero-order valence-corrected chi connectivity index (χ0v) is 8.67. The van der Waals surface area contributed by atoms with Gasteiger partial charge in [-0.15, -0.1) is 0 Å². The molecule has 5 heteroatoms. The lowest BCUT2D eigenvalue weighted by molar-refractivity contribution is -0.121. The molecular weight excluding hydrogens is 180 g/mol. The molecule has 1 unspecified atom stereocenters. The molecular formula is C9H22N4O. The molecule has 0 radical (unpaired) electrons. The van der Waals surface area contributed by atoms with Crippen molar-refractivity contribution >= 4 is 5.91 Å². The van der Waals surface area contributed by atoms with Gasteiger partial charge in [0.25, 0.3) is 0 Å². The van der Waals surface area contributed by atoms with Crippen molar-refractivity contribution in [3.05, 3.63) is 0 Å². The molecule has 14 heavy (non-hydrogen) atoms. The number of nitrogens with two attached hydrogens (primary N) is 3. The Balaban J connectivity index is 3.40. The van der Waals surface area contributed by atoms with E-state index < -0.39 is 0 Å². The molecule has 0 saturated heterocycles. The van der Waals surface area contributed by atoms with Crippen LogP contribution in [0.3, 0.4) is 0 Å². The molecule has 0 aliphatic heterocycles. The Bertz CT molecular complexity index is 152. The number of carbonyl (C=O) groups is 1. The van der Waals surface area contributed by atoms with Crippen LogP contribution in [0, 0.1) is 0 Å². The summed E-state index contributed by atoms with van der Waals surface area (Å²) in [5.74, 6) is -0.0179. The van der Waals surface area contributed by atoms with Crippen molar-refractivity contribution in [2.24, 2.45) is 17.2 Å². The van der Waals surface area contributed by atoms with Gasteiger partial charge in [0.05, 0.1) is 6.17 Å². The predicted octanol–water partition coefficient (Wildman–Crippen LogP) is -0.745. The van der Waals surface area contributed by atoms with Gasteiger partial charge >= 0.3 is 0 Å². The van der Waals surface area contributed by atoms with E-state index in [-0.39, 0.29) is 12.1 Å². The van der Waals surface area contributed by atoms with E-state index in [9.17, 15) is 4.79 Å². The fourth-order valence-corrected chi connectivity index (χ4v) is 1.12. The summed E-state index contributed by atoms with van der Waals surface area (Å²) < 4.78 is 0. The summed E-state index contributed by atoms with van der Waals surface area (Å²) in [4.78, 5) is 11.2. The van der Waals surface area contributed by atoms with Gasteiger partial charge in [0.1, 0.15) is 0 Å². The van der Waals surface area contributed by atoms with Gasteiger partial charge in [-0.25, -0.2) is 0 Å². The maximum Gasteiger partial charge on any atom is 0.221 e. The van der Waals surface area contributed by atoms with Gasteiger partial charge in [0, 0.05) is 6.42 Å². The minimum atomic E-state index is -0.244. The maximum atomic E-state index is 11.2. The topological polar surface area (TPSA) is 107 Å². The maximum absolute atomic E-state index is 11.2. The van der Waals surface area contributed by atoms with E-state index in [4.69, 9.17) is 17.2 Å². The summed E-state index contributed by atoms with van der Waals surface area (Å²) >= 11 is 0. The second-order valence-electron chi connectivity index (χ2n) is 3.35. The Morgan fingerprint density at radius 2 is 1.79 bits per heavy atom. The molecule has 84 valence electrons. The molecule has 0 aromatic rings. The van der Waals surface area contributed by atoms with Crippen LogP contribution in [0.5, 0.6) is 0 Å². The number of amides is 1. The van der Waals surface area contributed by atoms with E-state index in [1.54, 1.807) is 0 Å². The van der Waals surface area contributed by atoms with E-state index in [1.165, 1.54) is 0 Å². The van der Waals surface area contributed by atoms with Crippen LogP contribution in [0.25, 0.3) is 0 Å². The molecule has 0 rings (SSSR count). The third-order valence-electron chi connectivity index (χ3n) is 1.92.